The molecule has 3 aliphatic rings. The number of halogens is 7. The highest BCUT2D eigenvalue weighted by Gasteiger charge is 2.52. The van der Waals surface area contributed by atoms with Gasteiger partial charge in [0, 0.05) is 41.4 Å². The Balaban J connectivity index is 1.28. The second-order valence-corrected chi connectivity index (χ2v) is 11.2. The molecule has 8 nitrogen and oxygen atoms in total. The van der Waals surface area contributed by atoms with Crippen molar-refractivity contribution in [3.05, 3.63) is 87.9 Å². The Morgan fingerprint density at radius 1 is 1.07 bits per heavy atom. The summed E-state index contributed by atoms with van der Waals surface area (Å²) in [6.07, 6.45) is -3.16. The molecule has 15 heteroatoms. The molecule has 0 unspecified atom stereocenters. The highest BCUT2D eigenvalue weighted by atomic mass is 19.4. The predicted molar refractivity (Wildman–Crippen MR) is 138 cm³/mol. The molecule has 6 rings (SSSR count). The third kappa shape index (κ3) is 4.83. The fourth-order valence-corrected chi connectivity index (χ4v) is 6.44. The van der Waals surface area contributed by atoms with Crippen molar-refractivity contribution in [3.8, 4) is 0 Å². The number of pyridine rings is 2. The van der Waals surface area contributed by atoms with Crippen LogP contribution in [-0.2, 0) is 27.8 Å². The van der Waals surface area contributed by atoms with E-state index in [9.17, 15) is 45.1 Å². The van der Waals surface area contributed by atoms with Crippen LogP contribution in [0.1, 0.15) is 52.0 Å². The third-order valence-corrected chi connectivity index (χ3v) is 8.57. The Kier molecular flexibility index (Phi) is 6.89. The van der Waals surface area contributed by atoms with E-state index in [0.717, 1.165) is 19.3 Å². The number of amides is 3. The first-order chi connectivity index (χ1) is 20.7. The van der Waals surface area contributed by atoms with Crippen LogP contribution in [0.5, 0.6) is 0 Å². The van der Waals surface area contributed by atoms with Crippen LogP contribution in [0.25, 0.3) is 0 Å². The first-order valence-electron chi connectivity index (χ1n) is 13.5. The van der Waals surface area contributed by atoms with E-state index in [4.69, 9.17) is 0 Å². The predicted octanol–water partition coefficient (Wildman–Crippen LogP) is 4.09. The van der Waals surface area contributed by atoms with E-state index >= 15 is 0 Å². The van der Waals surface area contributed by atoms with Crippen molar-refractivity contribution in [2.45, 2.75) is 55.8 Å². The van der Waals surface area contributed by atoms with Crippen LogP contribution in [0.4, 0.5) is 36.6 Å². The van der Waals surface area contributed by atoms with Gasteiger partial charge in [-0.2, -0.15) is 13.2 Å². The van der Waals surface area contributed by atoms with E-state index in [0.29, 0.717) is 33.9 Å². The van der Waals surface area contributed by atoms with Crippen molar-refractivity contribution >= 4 is 23.5 Å². The van der Waals surface area contributed by atoms with Crippen LogP contribution in [0.2, 0.25) is 0 Å². The minimum atomic E-state index is -4.89. The van der Waals surface area contributed by atoms with Crippen LogP contribution in [0.15, 0.2) is 36.7 Å². The summed E-state index contributed by atoms with van der Waals surface area (Å²) < 4.78 is 97.8. The first kappa shape index (κ1) is 29.5. The molecule has 2 aliphatic heterocycles. The molecule has 44 heavy (non-hydrogen) atoms. The number of rotatable bonds is 4. The van der Waals surface area contributed by atoms with Gasteiger partial charge in [-0.1, -0.05) is 0 Å². The van der Waals surface area contributed by atoms with E-state index in [1.807, 2.05) is 0 Å². The SMILES string of the molecule is C[C@@H]1[C@H](c2c(F)ccc(F)c2F)C[C@H](NC(=O)c2cnc3c(c2)C[C@@]2(C3)C(=O)Nc3ncc(F)cc32)C(=O)N1CC(F)(F)F. The topological polar surface area (TPSA) is 104 Å². The van der Waals surface area contributed by atoms with Crippen molar-refractivity contribution in [3.63, 3.8) is 0 Å². The summed E-state index contributed by atoms with van der Waals surface area (Å²) in [5.41, 5.74) is -0.901. The van der Waals surface area contributed by atoms with Gasteiger partial charge in [-0.05, 0) is 49.6 Å². The molecule has 3 aromatic rings. The molecule has 230 valence electrons. The van der Waals surface area contributed by atoms with Crippen LogP contribution in [0.3, 0.4) is 0 Å². The highest BCUT2D eigenvalue weighted by Crippen LogP contribution is 2.46. The molecule has 1 fully saturated rings. The molecule has 3 amide bonds. The lowest BCUT2D eigenvalue weighted by molar-refractivity contribution is -0.170. The number of piperidine rings is 1. The maximum absolute atomic E-state index is 14.7. The monoisotopic (exact) mass is 621 g/mol. The number of aromatic nitrogens is 2. The fourth-order valence-electron chi connectivity index (χ4n) is 6.44. The minimum absolute atomic E-state index is 0.0415. The standard InChI is InChI=1S/C29H22F7N5O3/c1-12-16(22-18(31)2-3-19(32)23(22)33)6-20(26(43)41(12)11-29(34,35)36)39-25(42)14-4-13-7-28(8-21(13)37-9-14)17-5-15(30)10-38-24(17)40-27(28)44/h2-5,9-10,12,16,20H,6-8,11H2,1H3,(H,39,42)(H,38,40,44)/t12-,16-,20+,28+/m1/s1. The van der Waals surface area contributed by atoms with Gasteiger partial charge in [0.15, 0.2) is 11.6 Å². The van der Waals surface area contributed by atoms with Crippen LogP contribution in [0, 0.1) is 23.3 Å². The Bertz CT molecular complexity index is 1730. The number of nitrogens with one attached hydrogen (secondary N) is 2. The number of fused-ring (bicyclic) bond motifs is 3. The van der Waals surface area contributed by atoms with Gasteiger partial charge in [0.25, 0.3) is 5.91 Å². The van der Waals surface area contributed by atoms with Crippen molar-refractivity contribution < 1.29 is 45.1 Å². The summed E-state index contributed by atoms with van der Waals surface area (Å²) in [7, 11) is 0. The number of hydrogen-bond acceptors (Lipinski definition) is 5. The molecule has 1 spiro atoms. The maximum atomic E-state index is 14.7. The van der Waals surface area contributed by atoms with E-state index in [2.05, 4.69) is 20.6 Å². The zero-order valence-electron chi connectivity index (χ0n) is 22.7. The summed E-state index contributed by atoms with van der Waals surface area (Å²) in [4.78, 5) is 48.0. The van der Waals surface area contributed by atoms with Gasteiger partial charge in [-0.3, -0.25) is 19.4 Å². The second kappa shape index (κ2) is 10.3. The molecule has 1 saturated heterocycles. The summed E-state index contributed by atoms with van der Waals surface area (Å²) in [5, 5.41) is 4.96. The number of anilines is 1. The number of alkyl halides is 3. The maximum Gasteiger partial charge on any atom is 0.406 e. The average Bonchev–Trinajstić information content (AvgIpc) is 3.47. The smallest absolute Gasteiger partial charge is 0.340 e. The Morgan fingerprint density at radius 2 is 1.80 bits per heavy atom. The normalized spacial score (nSPS) is 24.4. The van der Waals surface area contributed by atoms with Gasteiger partial charge in [0.1, 0.15) is 30.0 Å². The zero-order valence-corrected chi connectivity index (χ0v) is 22.7. The molecular weight excluding hydrogens is 599 g/mol. The molecular formula is C29H22F7N5O3. The highest BCUT2D eigenvalue weighted by molar-refractivity contribution is 6.06. The van der Waals surface area contributed by atoms with Crippen LogP contribution in [-0.4, -0.2) is 57.4 Å². The summed E-state index contributed by atoms with van der Waals surface area (Å²) >= 11 is 0. The van der Waals surface area contributed by atoms with E-state index in [-0.39, 0.29) is 24.2 Å². The Labute approximate surface area is 244 Å². The summed E-state index contributed by atoms with van der Waals surface area (Å²) in [6, 6.07) is 0.704. The average molecular weight is 622 g/mol. The molecule has 0 bridgehead atoms. The minimum Gasteiger partial charge on any atom is -0.340 e. The largest absolute Gasteiger partial charge is 0.406 e. The van der Waals surface area contributed by atoms with Crippen LogP contribution < -0.4 is 10.6 Å². The lowest BCUT2D eigenvalue weighted by Gasteiger charge is -2.43. The number of nitrogens with zero attached hydrogens (tertiary/aromatic N) is 3. The third-order valence-electron chi connectivity index (χ3n) is 8.57. The molecule has 0 radical (unpaired) electrons. The molecule has 4 heterocycles. The number of likely N-dealkylation sites (tertiary alicyclic amines) is 1. The first-order valence-corrected chi connectivity index (χ1v) is 13.5. The number of carbonyl (C=O) groups is 3. The van der Waals surface area contributed by atoms with Crippen molar-refractivity contribution in [1.29, 1.82) is 0 Å². The lowest BCUT2D eigenvalue weighted by Crippen LogP contribution is -2.60. The Morgan fingerprint density at radius 3 is 2.52 bits per heavy atom. The number of carbonyl (C=O) groups excluding carboxylic acids is 3. The Hall–Kier alpha value is -4.56. The molecule has 0 saturated carbocycles. The molecule has 2 N–H and O–H groups in total. The number of hydrogen-bond donors (Lipinski definition) is 2. The summed E-state index contributed by atoms with van der Waals surface area (Å²) in [6.45, 7) is -0.606. The van der Waals surface area contributed by atoms with Gasteiger partial charge in [-0.15, -0.1) is 0 Å². The van der Waals surface area contributed by atoms with Gasteiger partial charge in [0.05, 0.1) is 17.2 Å². The fraction of sp³-hybridized carbons (Fsp3) is 0.345. The van der Waals surface area contributed by atoms with Gasteiger partial charge >= 0.3 is 6.18 Å². The lowest BCUT2D eigenvalue weighted by atomic mass is 9.79. The van der Waals surface area contributed by atoms with Gasteiger partial charge < -0.3 is 15.5 Å². The van der Waals surface area contributed by atoms with Gasteiger partial charge in [0.2, 0.25) is 11.8 Å². The van der Waals surface area contributed by atoms with Crippen molar-refractivity contribution in [2.24, 2.45) is 0 Å². The number of benzene rings is 1. The van der Waals surface area contributed by atoms with E-state index in [1.165, 1.54) is 12.1 Å². The van der Waals surface area contributed by atoms with Gasteiger partial charge in [-0.25, -0.2) is 22.5 Å². The van der Waals surface area contributed by atoms with Crippen LogP contribution >= 0.6 is 0 Å². The van der Waals surface area contributed by atoms with E-state index in [1.54, 1.807) is 0 Å². The van der Waals surface area contributed by atoms with Crippen molar-refractivity contribution in [1.82, 2.24) is 20.2 Å². The van der Waals surface area contributed by atoms with E-state index < -0.39 is 89.1 Å². The molecule has 1 aromatic carbocycles. The molecule has 4 atom stereocenters. The quantitative estimate of drug-likeness (QED) is 0.338. The molecule has 1 aliphatic carbocycles. The van der Waals surface area contributed by atoms with Crippen molar-refractivity contribution in [2.75, 3.05) is 11.9 Å². The second-order valence-electron chi connectivity index (χ2n) is 11.2. The zero-order chi connectivity index (χ0) is 31.7. The summed E-state index contributed by atoms with van der Waals surface area (Å²) in [5.74, 6) is -8.61. The molecule has 2 aromatic heterocycles.